The molecule has 3 heteroatoms. The molecule has 1 aromatic carbocycles. The SMILES string of the molecule is C=C(C)c1ccc(-n2cc(C#N)c(-c3ccccc3)c2)cn1. The van der Waals surface area contributed by atoms with Crippen molar-refractivity contribution in [1.82, 2.24) is 9.55 Å². The van der Waals surface area contributed by atoms with E-state index in [1.807, 2.05) is 66.3 Å². The van der Waals surface area contributed by atoms with Crippen LogP contribution in [0.4, 0.5) is 0 Å². The van der Waals surface area contributed by atoms with Gasteiger partial charge in [0.05, 0.1) is 23.1 Å². The van der Waals surface area contributed by atoms with Crippen molar-refractivity contribution in [2.75, 3.05) is 0 Å². The predicted octanol–water partition coefficient (Wildman–Crippen LogP) is 4.44. The largest absolute Gasteiger partial charge is 0.320 e. The summed E-state index contributed by atoms with van der Waals surface area (Å²) in [5.41, 5.74) is 5.33. The lowest BCUT2D eigenvalue weighted by Crippen LogP contribution is -1.92. The Morgan fingerprint density at radius 3 is 2.50 bits per heavy atom. The number of rotatable bonds is 3. The first-order chi connectivity index (χ1) is 10.7. The molecule has 0 amide bonds. The number of aromatic nitrogens is 2. The van der Waals surface area contributed by atoms with Crippen molar-refractivity contribution in [3.05, 3.63) is 78.9 Å². The summed E-state index contributed by atoms with van der Waals surface area (Å²) in [7, 11) is 0. The molecule has 2 aromatic heterocycles. The van der Waals surface area contributed by atoms with Gasteiger partial charge in [0.2, 0.25) is 0 Å². The Hall–Kier alpha value is -3.12. The third-order valence-corrected chi connectivity index (χ3v) is 3.52. The molecular formula is C19H15N3. The highest BCUT2D eigenvalue weighted by atomic mass is 15.0. The van der Waals surface area contributed by atoms with Gasteiger partial charge in [0.15, 0.2) is 0 Å². The summed E-state index contributed by atoms with van der Waals surface area (Å²) in [6.07, 6.45) is 5.59. The van der Waals surface area contributed by atoms with Gasteiger partial charge in [0, 0.05) is 18.0 Å². The van der Waals surface area contributed by atoms with Crippen LogP contribution in [-0.4, -0.2) is 9.55 Å². The van der Waals surface area contributed by atoms with E-state index in [9.17, 15) is 5.26 Å². The van der Waals surface area contributed by atoms with Crippen LogP contribution in [0.2, 0.25) is 0 Å². The monoisotopic (exact) mass is 285 g/mol. The van der Waals surface area contributed by atoms with E-state index in [0.717, 1.165) is 28.1 Å². The van der Waals surface area contributed by atoms with Crippen molar-refractivity contribution < 1.29 is 0 Å². The number of benzene rings is 1. The normalized spacial score (nSPS) is 10.2. The molecule has 22 heavy (non-hydrogen) atoms. The molecule has 2 heterocycles. The van der Waals surface area contributed by atoms with E-state index in [4.69, 9.17) is 0 Å². The van der Waals surface area contributed by atoms with Crippen molar-refractivity contribution in [2.45, 2.75) is 6.92 Å². The minimum Gasteiger partial charge on any atom is -0.320 e. The summed E-state index contributed by atoms with van der Waals surface area (Å²) in [4.78, 5) is 4.39. The van der Waals surface area contributed by atoms with Gasteiger partial charge in [0.1, 0.15) is 6.07 Å². The van der Waals surface area contributed by atoms with Crippen LogP contribution in [0.5, 0.6) is 0 Å². The van der Waals surface area contributed by atoms with Crippen LogP contribution in [0.3, 0.4) is 0 Å². The molecule has 0 unspecified atom stereocenters. The van der Waals surface area contributed by atoms with Crippen molar-refractivity contribution >= 4 is 5.57 Å². The maximum absolute atomic E-state index is 9.37. The molecule has 3 rings (SSSR count). The molecule has 0 radical (unpaired) electrons. The molecule has 0 bridgehead atoms. The third kappa shape index (κ3) is 2.55. The fraction of sp³-hybridized carbons (Fsp3) is 0.0526. The molecule has 3 nitrogen and oxygen atoms in total. The molecule has 0 aliphatic rings. The summed E-state index contributed by atoms with van der Waals surface area (Å²) in [5.74, 6) is 0. The summed E-state index contributed by atoms with van der Waals surface area (Å²) in [6, 6.07) is 16.1. The van der Waals surface area contributed by atoms with Crippen LogP contribution in [0, 0.1) is 11.3 Å². The average molecular weight is 285 g/mol. The van der Waals surface area contributed by atoms with E-state index in [1.165, 1.54) is 0 Å². The van der Waals surface area contributed by atoms with Gasteiger partial charge in [0.25, 0.3) is 0 Å². The lowest BCUT2D eigenvalue weighted by molar-refractivity contribution is 1.05. The molecule has 0 spiro atoms. The van der Waals surface area contributed by atoms with Crippen molar-refractivity contribution in [3.63, 3.8) is 0 Å². The van der Waals surface area contributed by atoms with Crippen LogP contribution >= 0.6 is 0 Å². The fourth-order valence-electron chi connectivity index (χ4n) is 2.33. The lowest BCUT2D eigenvalue weighted by Gasteiger charge is -2.04. The van der Waals surface area contributed by atoms with E-state index in [0.29, 0.717) is 5.56 Å². The molecule has 106 valence electrons. The minimum atomic E-state index is 0.648. The van der Waals surface area contributed by atoms with Gasteiger partial charge in [-0.2, -0.15) is 5.26 Å². The zero-order valence-corrected chi connectivity index (χ0v) is 12.3. The molecule has 0 N–H and O–H groups in total. The summed E-state index contributed by atoms with van der Waals surface area (Å²) in [6.45, 7) is 5.82. The lowest BCUT2D eigenvalue weighted by atomic mass is 10.1. The third-order valence-electron chi connectivity index (χ3n) is 3.52. The van der Waals surface area contributed by atoms with Gasteiger partial charge < -0.3 is 4.57 Å². The maximum atomic E-state index is 9.37. The molecule has 0 aliphatic carbocycles. The first-order valence-electron chi connectivity index (χ1n) is 6.99. The Kier molecular flexibility index (Phi) is 3.59. The Morgan fingerprint density at radius 2 is 1.91 bits per heavy atom. The van der Waals surface area contributed by atoms with E-state index >= 15 is 0 Å². The number of nitrogens with zero attached hydrogens (tertiary/aromatic N) is 3. The first kappa shape index (κ1) is 13.8. The Balaban J connectivity index is 2.04. The Morgan fingerprint density at radius 1 is 1.14 bits per heavy atom. The highest BCUT2D eigenvalue weighted by Gasteiger charge is 2.09. The quantitative estimate of drug-likeness (QED) is 0.713. The second kappa shape index (κ2) is 5.71. The molecule has 0 aliphatic heterocycles. The second-order valence-corrected chi connectivity index (χ2v) is 5.15. The zero-order valence-electron chi connectivity index (χ0n) is 12.3. The molecule has 3 aromatic rings. The summed E-state index contributed by atoms with van der Waals surface area (Å²) in [5, 5.41) is 9.37. The Labute approximate surface area is 129 Å². The summed E-state index contributed by atoms with van der Waals surface area (Å²) < 4.78 is 1.93. The van der Waals surface area contributed by atoms with Crippen LogP contribution in [-0.2, 0) is 0 Å². The smallest absolute Gasteiger partial charge is 0.101 e. The standard InChI is InChI=1S/C19H15N3/c1-14(2)19-9-8-17(11-21-19)22-12-16(10-20)18(13-22)15-6-4-3-5-7-15/h3-9,11-13H,1H2,2H3. The van der Waals surface area contributed by atoms with E-state index in [1.54, 1.807) is 6.20 Å². The Bertz CT molecular complexity index is 850. The van der Waals surface area contributed by atoms with Crippen molar-refractivity contribution in [3.8, 4) is 22.9 Å². The maximum Gasteiger partial charge on any atom is 0.101 e. The number of nitriles is 1. The molecule has 0 saturated heterocycles. The van der Waals surface area contributed by atoms with Crippen LogP contribution in [0.1, 0.15) is 18.2 Å². The summed E-state index contributed by atoms with van der Waals surface area (Å²) >= 11 is 0. The predicted molar refractivity (Wildman–Crippen MR) is 88.4 cm³/mol. The molecule has 0 fully saturated rings. The van der Waals surface area contributed by atoms with Gasteiger partial charge in [-0.15, -0.1) is 0 Å². The zero-order chi connectivity index (χ0) is 15.5. The van der Waals surface area contributed by atoms with Crippen LogP contribution in [0.15, 0.2) is 67.6 Å². The van der Waals surface area contributed by atoms with Crippen LogP contribution in [0.25, 0.3) is 22.4 Å². The van der Waals surface area contributed by atoms with Gasteiger partial charge in [-0.25, -0.2) is 0 Å². The molecular weight excluding hydrogens is 270 g/mol. The highest BCUT2D eigenvalue weighted by molar-refractivity contribution is 5.70. The topological polar surface area (TPSA) is 41.6 Å². The fourth-order valence-corrected chi connectivity index (χ4v) is 2.33. The van der Waals surface area contributed by atoms with Gasteiger partial charge in [-0.3, -0.25) is 4.98 Å². The minimum absolute atomic E-state index is 0.648. The number of hydrogen-bond donors (Lipinski definition) is 0. The molecule has 0 saturated carbocycles. The van der Waals surface area contributed by atoms with Gasteiger partial charge >= 0.3 is 0 Å². The number of allylic oxidation sites excluding steroid dienone is 1. The number of pyridine rings is 1. The van der Waals surface area contributed by atoms with Crippen molar-refractivity contribution in [1.29, 1.82) is 5.26 Å². The van der Waals surface area contributed by atoms with Crippen molar-refractivity contribution in [2.24, 2.45) is 0 Å². The number of hydrogen-bond acceptors (Lipinski definition) is 2. The average Bonchev–Trinajstić information content (AvgIpc) is 3.00. The van der Waals surface area contributed by atoms with Gasteiger partial charge in [-0.1, -0.05) is 36.9 Å². The van der Waals surface area contributed by atoms with Gasteiger partial charge in [-0.05, 0) is 30.2 Å². The first-order valence-corrected chi connectivity index (χ1v) is 6.99. The molecule has 0 atom stereocenters. The van der Waals surface area contributed by atoms with E-state index in [-0.39, 0.29) is 0 Å². The second-order valence-electron chi connectivity index (χ2n) is 5.15. The highest BCUT2D eigenvalue weighted by Crippen LogP contribution is 2.26. The van der Waals surface area contributed by atoms with E-state index < -0.39 is 0 Å². The van der Waals surface area contributed by atoms with Crippen LogP contribution < -0.4 is 0 Å². The van der Waals surface area contributed by atoms with E-state index in [2.05, 4.69) is 17.6 Å².